The summed E-state index contributed by atoms with van der Waals surface area (Å²) in [7, 11) is 0. The van der Waals surface area contributed by atoms with Crippen LogP contribution in [0.5, 0.6) is 0 Å². The SMILES string of the molecule is O=C(c1noc2c1CCCC2)N1CCN(c2ccnc(N3CCCC3)n2)CC1. The number of hydrogen-bond acceptors (Lipinski definition) is 7. The fraction of sp³-hybridized carbons (Fsp3) is 0.600. The summed E-state index contributed by atoms with van der Waals surface area (Å²) in [4.78, 5) is 28.5. The first-order chi connectivity index (χ1) is 13.8. The van der Waals surface area contributed by atoms with Gasteiger partial charge in [0.15, 0.2) is 5.69 Å². The van der Waals surface area contributed by atoms with E-state index in [0.29, 0.717) is 18.8 Å². The van der Waals surface area contributed by atoms with Gasteiger partial charge in [0.2, 0.25) is 5.95 Å². The molecule has 1 aliphatic carbocycles. The Morgan fingerprint density at radius 2 is 1.71 bits per heavy atom. The van der Waals surface area contributed by atoms with E-state index < -0.39 is 0 Å². The first-order valence-electron chi connectivity index (χ1n) is 10.4. The molecule has 0 aromatic carbocycles. The average molecular weight is 382 g/mol. The molecule has 2 aromatic heterocycles. The van der Waals surface area contributed by atoms with Gasteiger partial charge in [-0.3, -0.25) is 4.79 Å². The van der Waals surface area contributed by atoms with E-state index >= 15 is 0 Å². The van der Waals surface area contributed by atoms with Crippen molar-refractivity contribution in [1.29, 1.82) is 0 Å². The van der Waals surface area contributed by atoms with Gasteiger partial charge in [0.05, 0.1) is 0 Å². The van der Waals surface area contributed by atoms with E-state index in [9.17, 15) is 4.79 Å². The van der Waals surface area contributed by atoms with Crippen LogP contribution in [0, 0.1) is 0 Å². The molecule has 0 spiro atoms. The zero-order valence-electron chi connectivity index (χ0n) is 16.1. The van der Waals surface area contributed by atoms with Crippen molar-refractivity contribution in [2.45, 2.75) is 38.5 Å². The molecule has 8 heteroatoms. The van der Waals surface area contributed by atoms with Crippen LogP contribution < -0.4 is 9.80 Å². The number of rotatable bonds is 3. The lowest BCUT2D eigenvalue weighted by atomic mass is 9.96. The third-order valence-corrected chi connectivity index (χ3v) is 6.06. The molecule has 3 aliphatic rings. The molecule has 0 N–H and O–H groups in total. The molecule has 28 heavy (non-hydrogen) atoms. The van der Waals surface area contributed by atoms with Gasteiger partial charge >= 0.3 is 0 Å². The molecule has 0 saturated carbocycles. The number of piperazine rings is 1. The highest BCUT2D eigenvalue weighted by molar-refractivity contribution is 5.94. The van der Waals surface area contributed by atoms with Crippen LogP contribution in [0.4, 0.5) is 11.8 Å². The predicted octanol–water partition coefficient (Wildman–Crippen LogP) is 1.91. The number of carbonyl (C=O) groups excluding carboxylic acids is 1. The molecule has 2 aromatic rings. The van der Waals surface area contributed by atoms with E-state index in [2.05, 4.69) is 19.9 Å². The van der Waals surface area contributed by atoms with Gasteiger partial charge in [-0.05, 0) is 38.2 Å². The minimum Gasteiger partial charge on any atom is -0.360 e. The molecule has 0 atom stereocenters. The van der Waals surface area contributed by atoms with Crippen LogP contribution in [-0.4, -0.2) is 65.2 Å². The Hall–Kier alpha value is -2.64. The maximum absolute atomic E-state index is 13.0. The normalized spacial score (nSPS) is 19.8. The van der Waals surface area contributed by atoms with E-state index in [0.717, 1.165) is 75.0 Å². The first kappa shape index (κ1) is 17.5. The van der Waals surface area contributed by atoms with Crippen LogP contribution in [0.15, 0.2) is 16.8 Å². The number of amides is 1. The summed E-state index contributed by atoms with van der Waals surface area (Å²) in [6, 6.07) is 1.96. The lowest BCUT2D eigenvalue weighted by Gasteiger charge is -2.35. The average Bonchev–Trinajstić information content (AvgIpc) is 3.44. The number of fused-ring (bicyclic) bond motifs is 1. The molecule has 0 bridgehead atoms. The topological polar surface area (TPSA) is 78.6 Å². The second-order valence-corrected chi connectivity index (χ2v) is 7.83. The van der Waals surface area contributed by atoms with Crippen molar-refractivity contribution < 1.29 is 9.32 Å². The largest absolute Gasteiger partial charge is 0.360 e. The number of carbonyl (C=O) groups is 1. The highest BCUT2D eigenvalue weighted by Gasteiger charge is 2.30. The lowest BCUT2D eigenvalue weighted by molar-refractivity contribution is 0.0735. The van der Waals surface area contributed by atoms with Gasteiger partial charge in [-0.2, -0.15) is 4.98 Å². The number of anilines is 2. The van der Waals surface area contributed by atoms with Crippen molar-refractivity contribution in [2.24, 2.45) is 0 Å². The summed E-state index contributed by atoms with van der Waals surface area (Å²) >= 11 is 0. The molecular weight excluding hydrogens is 356 g/mol. The van der Waals surface area contributed by atoms with Gasteiger partial charge in [-0.15, -0.1) is 0 Å². The number of aromatic nitrogens is 3. The van der Waals surface area contributed by atoms with Crippen molar-refractivity contribution >= 4 is 17.7 Å². The third-order valence-electron chi connectivity index (χ3n) is 6.06. The van der Waals surface area contributed by atoms with Crippen LogP contribution in [-0.2, 0) is 12.8 Å². The van der Waals surface area contributed by atoms with E-state index in [-0.39, 0.29) is 5.91 Å². The van der Waals surface area contributed by atoms with E-state index in [4.69, 9.17) is 9.51 Å². The maximum atomic E-state index is 13.0. The molecule has 2 aliphatic heterocycles. The molecule has 4 heterocycles. The molecule has 2 saturated heterocycles. The number of nitrogens with zero attached hydrogens (tertiary/aromatic N) is 6. The second kappa shape index (κ2) is 7.41. The van der Waals surface area contributed by atoms with Crippen LogP contribution >= 0.6 is 0 Å². The molecule has 8 nitrogen and oxygen atoms in total. The van der Waals surface area contributed by atoms with Crippen molar-refractivity contribution in [3.8, 4) is 0 Å². The van der Waals surface area contributed by atoms with Crippen molar-refractivity contribution in [2.75, 3.05) is 49.1 Å². The quantitative estimate of drug-likeness (QED) is 0.802. The highest BCUT2D eigenvalue weighted by Crippen LogP contribution is 2.26. The number of hydrogen-bond donors (Lipinski definition) is 0. The zero-order valence-corrected chi connectivity index (χ0v) is 16.1. The Balaban J connectivity index is 1.25. The summed E-state index contributed by atoms with van der Waals surface area (Å²) in [5.74, 6) is 2.68. The molecule has 0 unspecified atom stereocenters. The summed E-state index contributed by atoms with van der Waals surface area (Å²) < 4.78 is 5.42. The van der Waals surface area contributed by atoms with E-state index in [1.807, 2.05) is 17.2 Å². The Bertz CT molecular complexity index is 852. The minimum atomic E-state index is 0.00648. The zero-order chi connectivity index (χ0) is 18.9. The summed E-state index contributed by atoms with van der Waals surface area (Å²) in [6.07, 6.45) is 8.29. The van der Waals surface area contributed by atoms with Crippen LogP contribution in [0.1, 0.15) is 47.5 Å². The van der Waals surface area contributed by atoms with Crippen LogP contribution in [0.25, 0.3) is 0 Å². The highest BCUT2D eigenvalue weighted by atomic mass is 16.5. The minimum absolute atomic E-state index is 0.00648. The Morgan fingerprint density at radius 1 is 0.929 bits per heavy atom. The molecule has 5 rings (SSSR count). The van der Waals surface area contributed by atoms with E-state index in [1.54, 1.807) is 0 Å². The van der Waals surface area contributed by atoms with Gasteiger partial charge in [-0.25, -0.2) is 4.98 Å². The fourth-order valence-electron chi connectivity index (χ4n) is 4.43. The van der Waals surface area contributed by atoms with Crippen molar-refractivity contribution in [3.63, 3.8) is 0 Å². The standard InChI is InChI=1S/C20H26N6O2/c27-19(18-15-5-1-2-6-16(15)28-23-18)25-13-11-24(12-14-25)17-7-8-21-20(22-17)26-9-3-4-10-26/h7-8H,1-6,9-14H2. The van der Waals surface area contributed by atoms with Crippen LogP contribution in [0.3, 0.4) is 0 Å². The van der Waals surface area contributed by atoms with Crippen molar-refractivity contribution in [3.05, 3.63) is 29.3 Å². The summed E-state index contributed by atoms with van der Waals surface area (Å²) in [5, 5.41) is 4.10. The molecule has 0 radical (unpaired) electrons. The van der Waals surface area contributed by atoms with Gasteiger partial charge in [0, 0.05) is 57.4 Å². The molecular formula is C20H26N6O2. The predicted molar refractivity (Wildman–Crippen MR) is 105 cm³/mol. The second-order valence-electron chi connectivity index (χ2n) is 7.83. The molecule has 2 fully saturated rings. The van der Waals surface area contributed by atoms with E-state index in [1.165, 1.54) is 12.8 Å². The molecule has 148 valence electrons. The Labute approximate surface area is 164 Å². The summed E-state index contributed by atoms with van der Waals surface area (Å²) in [6.45, 7) is 4.94. The van der Waals surface area contributed by atoms with Gasteiger partial charge in [0.1, 0.15) is 11.6 Å². The monoisotopic (exact) mass is 382 g/mol. The Morgan fingerprint density at radius 3 is 2.54 bits per heavy atom. The van der Waals surface area contributed by atoms with Gasteiger partial charge < -0.3 is 19.2 Å². The molecule has 1 amide bonds. The van der Waals surface area contributed by atoms with Gasteiger partial charge in [-0.1, -0.05) is 5.16 Å². The fourth-order valence-corrected chi connectivity index (χ4v) is 4.43. The Kier molecular flexibility index (Phi) is 4.62. The maximum Gasteiger partial charge on any atom is 0.276 e. The third kappa shape index (κ3) is 3.21. The summed E-state index contributed by atoms with van der Waals surface area (Å²) in [5.41, 5.74) is 1.56. The lowest BCUT2D eigenvalue weighted by Crippen LogP contribution is -2.49. The van der Waals surface area contributed by atoms with Crippen molar-refractivity contribution in [1.82, 2.24) is 20.0 Å². The first-order valence-corrected chi connectivity index (χ1v) is 10.4. The number of aryl methyl sites for hydroxylation is 1. The smallest absolute Gasteiger partial charge is 0.276 e. The van der Waals surface area contributed by atoms with Crippen LogP contribution in [0.2, 0.25) is 0 Å². The van der Waals surface area contributed by atoms with Gasteiger partial charge in [0.25, 0.3) is 5.91 Å².